The average Bonchev–Trinajstić information content (AvgIpc) is 3.31. The first-order valence-electron chi connectivity index (χ1n) is 10.5. The Morgan fingerprint density at radius 2 is 1.70 bits per heavy atom. The number of hydrogen-bond donors (Lipinski definition) is 2. The van der Waals surface area contributed by atoms with Crippen molar-refractivity contribution in [1.29, 1.82) is 0 Å². The molecule has 0 fully saturated rings. The van der Waals surface area contributed by atoms with Gasteiger partial charge in [0.2, 0.25) is 5.82 Å². The highest BCUT2D eigenvalue weighted by molar-refractivity contribution is 5.92. The van der Waals surface area contributed by atoms with Gasteiger partial charge in [-0.3, -0.25) is 4.79 Å². The van der Waals surface area contributed by atoms with E-state index < -0.39 is 5.91 Å². The zero-order valence-corrected chi connectivity index (χ0v) is 18.2. The number of aromatic nitrogens is 3. The molecule has 1 heterocycles. The van der Waals surface area contributed by atoms with Crippen molar-refractivity contribution in [1.82, 2.24) is 20.2 Å². The lowest BCUT2D eigenvalue weighted by Crippen LogP contribution is -2.21. The molecule has 4 rings (SSSR count). The number of benzene rings is 3. The first-order chi connectivity index (χ1) is 16.2. The third-order valence-electron chi connectivity index (χ3n) is 4.99. The molecule has 1 amide bonds. The summed E-state index contributed by atoms with van der Waals surface area (Å²) in [5.41, 5.74) is 5.95. The van der Waals surface area contributed by atoms with Crippen molar-refractivity contribution < 1.29 is 9.90 Å². The summed E-state index contributed by atoms with van der Waals surface area (Å²) >= 11 is 0. The molecule has 166 valence electrons. The minimum Gasteiger partial charge on any atom is -0.395 e. The quantitative estimate of drug-likeness (QED) is 0.324. The fourth-order valence-electron chi connectivity index (χ4n) is 3.24. The number of hydrazone groups is 1. The number of para-hydroxylation sites is 1. The van der Waals surface area contributed by atoms with E-state index in [0.717, 1.165) is 22.5 Å². The monoisotopic (exact) mass is 440 g/mol. The van der Waals surface area contributed by atoms with Gasteiger partial charge < -0.3 is 10.0 Å². The van der Waals surface area contributed by atoms with E-state index in [9.17, 15) is 4.79 Å². The summed E-state index contributed by atoms with van der Waals surface area (Å²) in [6.07, 6.45) is 1.56. The number of aliphatic hydroxyl groups is 1. The molecule has 0 saturated carbocycles. The molecule has 0 aliphatic heterocycles. The first-order valence-corrected chi connectivity index (χ1v) is 10.5. The number of anilines is 1. The van der Waals surface area contributed by atoms with Gasteiger partial charge in [-0.25, -0.2) is 15.1 Å². The van der Waals surface area contributed by atoms with Crippen molar-refractivity contribution in [2.24, 2.45) is 5.10 Å². The van der Waals surface area contributed by atoms with Gasteiger partial charge in [-0.2, -0.15) is 5.10 Å². The van der Waals surface area contributed by atoms with Crippen molar-refractivity contribution in [2.45, 2.75) is 0 Å². The number of aliphatic hydroxyl groups excluding tert-OH is 1. The third-order valence-corrected chi connectivity index (χ3v) is 4.99. The number of carbonyl (C=O) groups is 1. The molecule has 8 heteroatoms. The standard InChI is InChI=1S/C25H24N6O2/c1-30(16-17-32)21-14-12-19(13-15-21)18-26-28-25(33)23-27-24(20-8-4-2-5-9-20)31(29-23)22-10-6-3-7-11-22/h2-15,18,32H,16-17H2,1H3,(H,28,33). The highest BCUT2D eigenvalue weighted by atomic mass is 16.3. The minimum atomic E-state index is -0.502. The van der Waals surface area contributed by atoms with E-state index in [-0.39, 0.29) is 12.4 Å². The third kappa shape index (κ3) is 5.31. The van der Waals surface area contributed by atoms with E-state index in [0.29, 0.717) is 12.4 Å². The van der Waals surface area contributed by atoms with Gasteiger partial charge in [-0.05, 0) is 29.8 Å². The van der Waals surface area contributed by atoms with Crippen molar-refractivity contribution in [2.75, 3.05) is 25.1 Å². The molecule has 0 atom stereocenters. The number of amides is 1. The predicted molar refractivity (Wildman–Crippen MR) is 129 cm³/mol. The normalized spacial score (nSPS) is 11.0. The number of carbonyl (C=O) groups excluding carboxylic acids is 1. The fourth-order valence-corrected chi connectivity index (χ4v) is 3.24. The largest absolute Gasteiger partial charge is 0.395 e. The Hall–Kier alpha value is -4.30. The zero-order valence-electron chi connectivity index (χ0n) is 18.2. The number of nitrogens with zero attached hydrogens (tertiary/aromatic N) is 5. The maximum Gasteiger partial charge on any atom is 0.311 e. The van der Waals surface area contributed by atoms with Crippen LogP contribution in [0.1, 0.15) is 16.2 Å². The van der Waals surface area contributed by atoms with Crippen molar-refractivity contribution >= 4 is 17.8 Å². The molecule has 33 heavy (non-hydrogen) atoms. The highest BCUT2D eigenvalue weighted by Gasteiger charge is 2.18. The van der Waals surface area contributed by atoms with Crippen LogP contribution in [0.15, 0.2) is 90.0 Å². The summed E-state index contributed by atoms with van der Waals surface area (Å²) in [6, 6.07) is 26.7. The molecule has 0 bridgehead atoms. The summed E-state index contributed by atoms with van der Waals surface area (Å²) in [7, 11) is 1.91. The molecule has 8 nitrogen and oxygen atoms in total. The maximum absolute atomic E-state index is 12.7. The van der Waals surface area contributed by atoms with Gasteiger partial charge in [0.05, 0.1) is 18.5 Å². The zero-order chi connectivity index (χ0) is 23.0. The van der Waals surface area contributed by atoms with Crippen LogP contribution in [0, 0.1) is 0 Å². The molecule has 1 aromatic heterocycles. The Kier molecular flexibility index (Phi) is 6.87. The van der Waals surface area contributed by atoms with Gasteiger partial charge in [0.1, 0.15) is 0 Å². The topological polar surface area (TPSA) is 95.6 Å². The van der Waals surface area contributed by atoms with Crippen LogP contribution in [-0.2, 0) is 0 Å². The smallest absolute Gasteiger partial charge is 0.311 e. The van der Waals surface area contributed by atoms with Crippen molar-refractivity contribution in [3.05, 3.63) is 96.3 Å². The van der Waals surface area contributed by atoms with E-state index in [1.165, 1.54) is 0 Å². The van der Waals surface area contributed by atoms with E-state index in [2.05, 4.69) is 20.6 Å². The fraction of sp³-hybridized carbons (Fsp3) is 0.120. The highest BCUT2D eigenvalue weighted by Crippen LogP contribution is 2.21. The Balaban J connectivity index is 1.51. The lowest BCUT2D eigenvalue weighted by Gasteiger charge is -2.17. The number of hydrogen-bond acceptors (Lipinski definition) is 6. The predicted octanol–water partition coefficient (Wildman–Crippen LogP) is 3.13. The number of likely N-dealkylation sites (N-methyl/N-ethyl adjacent to an activating group) is 1. The second-order valence-corrected chi connectivity index (χ2v) is 7.31. The Morgan fingerprint density at radius 3 is 2.36 bits per heavy atom. The van der Waals surface area contributed by atoms with Crippen LogP contribution in [0.4, 0.5) is 5.69 Å². The molecular formula is C25H24N6O2. The summed E-state index contributed by atoms with van der Waals surface area (Å²) < 4.78 is 1.65. The number of nitrogens with one attached hydrogen (secondary N) is 1. The van der Waals surface area contributed by atoms with E-state index in [1.54, 1.807) is 10.9 Å². The molecule has 0 saturated heterocycles. The van der Waals surface area contributed by atoms with Gasteiger partial charge in [0, 0.05) is 24.8 Å². The Bertz CT molecular complexity index is 1160. The minimum absolute atomic E-state index is 0.0239. The summed E-state index contributed by atoms with van der Waals surface area (Å²) in [5.74, 6) is 0.0896. The molecule has 4 aromatic rings. The van der Waals surface area contributed by atoms with Crippen molar-refractivity contribution in [3.8, 4) is 17.1 Å². The Morgan fingerprint density at radius 1 is 1.03 bits per heavy atom. The second kappa shape index (κ2) is 10.3. The average molecular weight is 441 g/mol. The van der Waals surface area contributed by atoms with Gasteiger partial charge in [0.25, 0.3) is 0 Å². The molecular weight excluding hydrogens is 416 g/mol. The van der Waals surface area contributed by atoms with Crippen molar-refractivity contribution in [3.63, 3.8) is 0 Å². The van der Waals surface area contributed by atoms with Gasteiger partial charge >= 0.3 is 5.91 Å². The van der Waals surface area contributed by atoms with Crippen LogP contribution in [0.3, 0.4) is 0 Å². The van der Waals surface area contributed by atoms with Crippen LogP contribution < -0.4 is 10.3 Å². The molecule has 0 spiro atoms. The molecule has 0 radical (unpaired) electrons. The molecule has 0 aliphatic rings. The maximum atomic E-state index is 12.7. The molecule has 2 N–H and O–H groups in total. The van der Waals surface area contributed by atoms with E-state index >= 15 is 0 Å². The SMILES string of the molecule is CN(CCO)c1ccc(C=NNC(=O)c2nc(-c3ccccc3)n(-c3ccccc3)n2)cc1. The molecule has 0 unspecified atom stereocenters. The summed E-state index contributed by atoms with van der Waals surface area (Å²) in [4.78, 5) is 19.1. The van der Waals surface area contributed by atoms with Gasteiger partial charge in [0.15, 0.2) is 5.82 Å². The summed E-state index contributed by atoms with van der Waals surface area (Å²) in [5, 5.41) is 17.5. The van der Waals surface area contributed by atoms with Crippen LogP contribution in [0.2, 0.25) is 0 Å². The Labute approximate surface area is 191 Å². The summed E-state index contributed by atoms with van der Waals surface area (Å²) in [6.45, 7) is 0.642. The van der Waals surface area contributed by atoms with Gasteiger partial charge in [-0.1, -0.05) is 60.7 Å². The van der Waals surface area contributed by atoms with Crippen LogP contribution in [0.5, 0.6) is 0 Å². The van der Waals surface area contributed by atoms with Crippen LogP contribution in [-0.4, -0.2) is 52.2 Å². The lowest BCUT2D eigenvalue weighted by atomic mass is 10.2. The van der Waals surface area contributed by atoms with E-state index in [1.807, 2.05) is 96.9 Å². The lowest BCUT2D eigenvalue weighted by molar-refractivity contribution is 0.0945. The van der Waals surface area contributed by atoms with E-state index in [4.69, 9.17) is 5.11 Å². The van der Waals surface area contributed by atoms with Gasteiger partial charge in [-0.15, -0.1) is 5.10 Å². The number of rotatable bonds is 8. The van der Waals surface area contributed by atoms with Crippen LogP contribution in [0.25, 0.3) is 17.1 Å². The van der Waals surface area contributed by atoms with Crippen LogP contribution >= 0.6 is 0 Å². The first kappa shape index (κ1) is 21.9. The molecule has 0 aliphatic carbocycles. The second-order valence-electron chi connectivity index (χ2n) is 7.31. The molecule has 3 aromatic carbocycles.